The molecule has 4 N–H and O–H groups in total. The first-order chi connectivity index (χ1) is 16.1. The summed E-state index contributed by atoms with van der Waals surface area (Å²) in [4.78, 5) is 35.0. The fraction of sp³-hybridized carbons (Fsp3) is 0.261. The van der Waals surface area contributed by atoms with Crippen molar-refractivity contribution in [2.24, 2.45) is 5.73 Å². The molecule has 11 heteroatoms. The van der Waals surface area contributed by atoms with Gasteiger partial charge in [-0.1, -0.05) is 6.07 Å². The van der Waals surface area contributed by atoms with E-state index in [2.05, 4.69) is 9.97 Å². The van der Waals surface area contributed by atoms with Crippen molar-refractivity contribution in [1.82, 2.24) is 20.2 Å². The first-order valence-corrected chi connectivity index (χ1v) is 10.5. The Balaban J connectivity index is 1.51. The normalized spacial score (nSPS) is 14.7. The lowest BCUT2D eigenvalue weighted by Crippen LogP contribution is -2.38. The van der Waals surface area contributed by atoms with E-state index in [9.17, 15) is 22.8 Å². The van der Waals surface area contributed by atoms with E-state index in [1.54, 1.807) is 35.4 Å². The van der Waals surface area contributed by atoms with Gasteiger partial charge in [0.2, 0.25) is 0 Å². The topological polar surface area (TPSA) is 125 Å². The maximum atomic E-state index is 13.8. The van der Waals surface area contributed by atoms with E-state index in [0.29, 0.717) is 23.9 Å². The maximum absolute atomic E-state index is 13.8. The average molecular weight is 470 g/mol. The van der Waals surface area contributed by atoms with E-state index in [1.807, 2.05) is 5.32 Å². The number of fused-ring (bicyclic) bond motifs is 1. The van der Waals surface area contributed by atoms with Crippen LogP contribution in [-0.2, 0) is 6.18 Å². The molecule has 176 valence electrons. The second-order valence-electron chi connectivity index (χ2n) is 7.97. The van der Waals surface area contributed by atoms with Gasteiger partial charge < -0.3 is 10.6 Å². The number of aromatic nitrogens is 2. The highest BCUT2D eigenvalue weighted by Gasteiger charge is 2.37. The third-order valence-corrected chi connectivity index (χ3v) is 5.77. The molecule has 2 aromatic heterocycles. The number of carbonyl (C=O) groups excluding carboxylic acids is 2. The van der Waals surface area contributed by atoms with Crippen LogP contribution in [0.5, 0.6) is 0 Å². The van der Waals surface area contributed by atoms with E-state index in [-0.39, 0.29) is 35.8 Å². The fourth-order valence-electron chi connectivity index (χ4n) is 4.13. The number of hydrogen-bond donors (Lipinski definition) is 3. The summed E-state index contributed by atoms with van der Waals surface area (Å²) in [5.74, 6) is -2.25. The highest BCUT2D eigenvalue weighted by Crippen LogP contribution is 2.39. The monoisotopic (exact) mass is 470 g/mol. The molecule has 1 saturated heterocycles. The molecule has 0 radical (unpaired) electrons. The zero-order valence-corrected chi connectivity index (χ0v) is 17.9. The minimum atomic E-state index is -4.67. The van der Waals surface area contributed by atoms with Crippen LogP contribution >= 0.6 is 0 Å². The van der Waals surface area contributed by atoms with Gasteiger partial charge >= 0.3 is 6.18 Å². The van der Waals surface area contributed by atoms with Crippen molar-refractivity contribution in [2.45, 2.75) is 24.9 Å². The SMILES string of the molecule is N=C(N)NC(=O)c1ccc(C2CCN(C(=O)c3ccc4ncccc4n3)CC2)c(C(F)(F)F)c1. The summed E-state index contributed by atoms with van der Waals surface area (Å²) in [6.45, 7) is 0.556. The molecule has 0 spiro atoms. The number of amides is 2. The van der Waals surface area contributed by atoms with Crippen molar-refractivity contribution in [3.05, 3.63) is 71.0 Å². The van der Waals surface area contributed by atoms with Crippen LogP contribution in [0, 0.1) is 5.41 Å². The summed E-state index contributed by atoms with van der Waals surface area (Å²) >= 11 is 0. The van der Waals surface area contributed by atoms with Gasteiger partial charge in [0.1, 0.15) is 5.69 Å². The first kappa shape index (κ1) is 23.1. The van der Waals surface area contributed by atoms with Crippen LogP contribution in [0.2, 0.25) is 0 Å². The van der Waals surface area contributed by atoms with Gasteiger partial charge in [0.05, 0.1) is 16.6 Å². The predicted octanol–water partition coefficient (Wildman–Crippen LogP) is 3.29. The number of likely N-dealkylation sites (tertiary alicyclic amines) is 1. The zero-order valence-electron chi connectivity index (χ0n) is 17.9. The maximum Gasteiger partial charge on any atom is 0.416 e. The van der Waals surface area contributed by atoms with Crippen molar-refractivity contribution >= 4 is 28.8 Å². The fourth-order valence-corrected chi connectivity index (χ4v) is 4.13. The van der Waals surface area contributed by atoms with E-state index in [1.165, 1.54) is 12.1 Å². The molecule has 4 rings (SSSR count). The van der Waals surface area contributed by atoms with Crippen molar-refractivity contribution in [2.75, 3.05) is 13.1 Å². The Morgan fingerprint density at radius 2 is 1.82 bits per heavy atom. The van der Waals surface area contributed by atoms with Gasteiger partial charge in [0.15, 0.2) is 5.96 Å². The molecule has 8 nitrogen and oxygen atoms in total. The predicted molar refractivity (Wildman–Crippen MR) is 118 cm³/mol. The third kappa shape index (κ3) is 4.82. The number of nitrogens with one attached hydrogen (secondary N) is 2. The number of pyridine rings is 2. The molecule has 0 aliphatic carbocycles. The summed E-state index contributed by atoms with van der Waals surface area (Å²) < 4.78 is 41.4. The Kier molecular flexibility index (Phi) is 6.18. The molecule has 1 aliphatic heterocycles. The molecule has 0 unspecified atom stereocenters. The Bertz CT molecular complexity index is 1270. The lowest BCUT2D eigenvalue weighted by atomic mass is 9.85. The first-order valence-electron chi connectivity index (χ1n) is 10.5. The molecule has 1 aromatic carbocycles. The van der Waals surface area contributed by atoms with Gasteiger partial charge in [-0.25, -0.2) is 4.98 Å². The van der Waals surface area contributed by atoms with Crippen LogP contribution in [0.1, 0.15) is 50.7 Å². The minimum absolute atomic E-state index is 0.0777. The second kappa shape index (κ2) is 9.08. The second-order valence-corrected chi connectivity index (χ2v) is 7.97. The van der Waals surface area contributed by atoms with E-state index >= 15 is 0 Å². The highest BCUT2D eigenvalue weighted by atomic mass is 19.4. The molecule has 0 saturated carbocycles. The van der Waals surface area contributed by atoms with Crippen LogP contribution in [0.4, 0.5) is 13.2 Å². The lowest BCUT2D eigenvalue weighted by molar-refractivity contribution is -0.138. The van der Waals surface area contributed by atoms with Gasteiger partial charge in [0, 0.05) is 24.8 Å². The van der Waals surface area contributed by atoms with Gasteiger partial charge in [-0.3, -0.25) is 25.3 Å². The molecule has 3 heterocycles. The zero-order chi connectivity index (χ0) is 24.5. The average Bonchev–Trinajstić information content (AvgIpc) is 2.82. The van der Waals surface area contributed by atoms with Crippen LogP contribution in [0.25, 0.3) is 11.0 Å². The van der Waals surface area contributed by atoms with E-state index in [4.69, 9.17) is 11.1 Å². The van der Waals surface area contributed by atoms with Gasteiger partial charge in [-0.05, 0) is 60.7 Å². The number of benzene rings is 1. The molecule has 1 aliphatic rings. The van der Waals surface area contributed by atoms with Crippen molar-refractivity contribution < 1.29 is 22.8 Å². The summed E-state index contributed by atoms with van der Waals surface area (Å²) in [5, 5.41) is 9.07. The number of rotatable bonds is 3. The summed E-state index contributed by atoms with van der Waals surface area (Å²) in [6.07, 6.45) is -2.36. The third-order valence-electron chi connectivity index (χ3n) is 5.77. The Hall–Kier alpha value is -4.02. The number of halogens is 3. The number of nitrogens with zero attached hydrogens (tertiary/aromatic N) is 3. The number of carbonyl (C=O) groups is 2. The molecular weight excluding hydrogens is 449 g/mol. The molecule has 3 aromatic rings. The van der Waals surface area contributed by atoms with Gasteiger partial charge in [0.25, 0.3) is 11.8 Å². The number of nitrogens with two attached hydrogens (primary N) is 1. The Morgan fingerprint density at radius 1 is 1.09 bits per heavy atom. The number of guanidine groups is 1. The molecule has 0 atom stereocenters. The van der Waals surface area contributed by atoms with Crippen molar-refractivity contribution in [3.8, 4) is 0 Å². The van der Waals surface area contributed by atoms with Crippen LogP contribution < -0.4 is 11.1 Å². The number of hydrogen-bond acceptors (Lipinski definition) is 5. The quantitative estimate of drug-likeness (QED) is 0.400. The Labute approximate surface area is 192 Å². The summed E-state index contributed by atoms with van der Waals surface area (Å²) in [7, 11) is 0. The molecule has 34 heavy (non-hydrogen) atoms. The van der Waals surface area contributed by atoms with Crippen molar-refractivity contribution in [3.63, 3.8) is 0 Å². The molecule has 0 bridgehead atoms. The smallest absolute Gasteiger partial charge is 0.370 e. The van der Waals surface area contributed by atoms with Crippen LogP contribution in [0.3, 0.4) is 0 Å². The Morgan fingerprint density at radius 3 is 2.50 bits per heavy atom. The standard InChI is InChI=1S/C23H21F3N6O2/c24-23(25,26)16-12-14(20(33)31-22(27)28)3-4-15(16)13-7-10-32(11-8-13)21(34)19-6-5-17-18(30-19)2-1-9-29-17/h1-6,9,12-13H,7-8,10-11H2,(H4,27,28,31,33). The summed E-state index contributed by atoms with van der Waals surface area (Å²) in [5.41, 5.74) is 5.54. The van der Waals surface area contributed by atoms with Crippen molar-refractivity contribution in [1.29, 1.82) is 5.41 Å². The van der Waals surface area contributed by atoms with E-state index < -0.39 is 29.5 Å². The van der Waals surface area contributed by atoms with E-state index in [0.717, 1.165) is 6.07 Å². The number of alkyl halides is 3. The highest BCUT2D eigenvalue weighted by molar-refractivity contribution is 6.04. The molecular formula is C23H21F3N6O2. The lowest BCUT2D eigenvalue weighted by Gasteiger charge is -2.33. The minimum Gasteiger partial charge on any atom is -0.370 e. The summed E-state index contributed by atoms with van der Waals surface area (Å²) in [6, 6.07) is 10.1. The van der Waals surface area contributed by atoms with Crippen LogP contribution in [0.15, 0.2) is 48.7 Å². The van der Waals surface area contributed by atoms with Crippen LogP contribution in [-0.4, -0.2) is 45.7 Å². The van der Waals surface area contributed by atoms with Gasteiger partial charge in [-0.2, -0.15) is 13.2 Å². The van der Waals surface area contributed by atoms with Gasteiger partial charge in [-0.15, -0.1) is 0 Å². The molecule has 2 amide bonds. The largest absolute Gasteiger partial charge is 0.416 e. The molecule has 1 fully saturated rings. The number of piperidine rings is 1.